The molecule has 1 aromatic heterocycles. The first-order valence-corrected chi connectivity index (χ1v) is 9.11. The lowest BCUT2D eigenvalue weighted by molar-refractivity contribution is 0.102. The van der Waals surface area contributed by atoms with Crippen molar-refractivity contribution in [3.63, 3.8) is 0 Å². The molecule has 0 saturated carbocycles. The Morgan fingerprint density at radius 2 is 1.96 bits per heavy atom. The lowest BCUT2D eigenvalue weighted by Gasteiger charge is -2.12. The Kier molecular flexibility index (Phi) is 6.11. The van der Waals surface area contributed by atoms with Crippen molar-refractivity contribution in [2.24, 2.45) is 0 Å². The van der Waals surface area contributed by atoms with E-state index in [0.717, 1.165) is 11.1 Å². The molecule has 0 aliphatic carbocycles. The molecule has 6 nitrogen and oxygen atoms in total. The van der Waals surface area contributed by atoms with Gasteiger partial charge in [0, 0.05) is 23.7 Å². The summed E-state index contributed by atoms with van der Waals surface area (Å²) in [7, 11) is 1.52. The highest BCUT2D eigenvalue weighted by atomic mass is 35.5. The van der Waals surface area contributed by atoms with Gasteiger partial charge in [-0.25, -0.2) is 9.97 Å². The molecule has 0 fully saturated rings. The van der Waals surface area contributed by atoms with Gasteiger partial charge in [0.05, 0.1) is 12.8 Å². The van der Waals surface area contributed by atoms with Crippen molar-refractivity contribution >= 4 is 29.0 Å². The fourth-order valence-electron chi connectivity index (χ4n) is 2.71. The van der Waals surface area contributed by atoms with Crippen molar-refractivity contribution in [3.05, 3.63) is 76.2 Å². The fourth-order valence-corrected chi connectivity index (χ4v) is 2.86. The third-order valence-electron chi connectivity index (χ3n) is 4.18. The second-order valence-corrected chi connectivity index (χ2v) is 6.79. The van der Waals surface area contributed by atoms with Crippen LogP contribution in [0.25, 0.3) is 0 Å². The molecule has 1 heterocycles. The number of nitrogens with zero attached hydrogens (tertiary/aromatic N) is 2. The Morgan fingerprint density at radius 1 is 1.14 bits per heavy atom. The Labute approximate surface area is 168 Å². The lowest BCUT2D eigenvalue weighted by atomic mass is 10.1. The summed E-state index contributed by atoms with van der Waals surface area (Å²) < 4.78 is 5.29. The zero-order chi connectivity index (χ0) is 20.1. The third kappa shape index (κ3) is 4.78. The van der Waals surface area contributed by atoms with Crippen LogP contribution in [0, 0.1) is 13.8 Å². The summed E-state index contributed by atoms with van der Waals surface area (Å²) in [6, 6.07) is 13.2. The number of benzene rings is 2. The van der Waals surface area contributed by atoms with Crippen LogP contribution in [0.15, 0.2) is 48.8 Å². The van der Waals surface area contributed by atoms with E-state index in [2.05, 4.69) is 26.7 Å². The zero-order valence-corrected chi connectivity index (χ0v) is 16.7. The van der Waals surface area contributed by atoms with Gasteiger partial charge >= 0.3 is 0 Å². The molecule has 0 bridgehead atoms. The number of ether oxygens (including phenoxy) is 1. The van der Waals surface area contributed by atoms with Crippen molar-refractivity contribution in [1.29, 1.82) is 0 Å². The van der Waals surface area contributed by atoms with E-state index in [9.17, 15) is 4.79 Å². The van der Waals surface area contributed by atoms with Gasteiger partial charge in [0.15, 0.2) is 0 Å². The molecule has 144 valence electrons. The number of halogens is 1. The summed E-state index contributed by atoms with van der Waals surface area (Å²) >= 11 is 6.11. The van der Waals surface area contributed by atoms with Gasteiger partial charge in [-0.15, -0.1) is 0 Å². The first-order chi connectivity index (χ1) is 13.5. The van der Waals surface area contributed by atoms with Crippen molar-refractivity contribution < 1.29 is 9.53 Å². The molecule has 0 unspecified atom stereocenters. The monoisotopic (exact) mass is 396 g/mol. The van der Waals surface area contributed by atoms with E-state index in [1.807, 2.05) is 32.0 Å². The van der Waals surface area contributed by atoms with Gasteiger partial charge in [-0.2, -0.15) is 0 Å². The number of carbonyl (C=O) groups is 1. The molecule has 0 atom stereocenters. The van der Waals surface area contributed by atoms with E-state index in [1.54, 1.807) is 18.2 Å². The molecule has 3 rings (SSSR count). The minimum absolute atomic E-state index is 0.247. The van der Waals surface area contributed by atoms with Crippen molar-refractivity contribution in [1.82, 2.24) is 9.97 Å². The normalized spacial score (nSPS) is 10.4. The SMILES string of the molecule is COc1cc(Cl)c(C)cc1NC(=O)c1cc(NCc2cccc(C)c2)ncn1. The van der Waals surface area contributed by atoms with E-state index in [-0.39, 0.29) is 11.6 Å². The summed E-state index contributed by atoms with van der Waals surface area (Å²) in [5.74, 6) is 0.692. The van der Waals surface area contributed by atoms with Crippen molar-refractivity contribution in [3.8, 4) is 5.75 Å². The summed E-state index contributed by atoms with van der Waals surface area (Å²) in [5, 5.41) is 6.60. The predicted molar refractivity (Wildman–Crippen MR) is 111 cm³/mol. The Morgan fingerprint density at radius 3 is 2.71 bits per heavy atom. The van der Waals surface area contributed by atoms with E-state index >= 15 is 0 Å². The number of methoxy groups -OCH3 is 1. The quantitative estimate of drug-likeness (QED) is 0.635. The molecule has 2 N–H and O–H groups in total. The number of aromatic nitrogens is 2. The highest BCUT2D eigenvalue weighted by Crippen LogP contribution is 2.31. The maximum Gasteiger partial charge on any atom is 0.274 e. The van der Waals surface area contributed by atoms with Gasteiger partial charge in [0.1, 0.15) is 23.6 Å². The molecular weight excluding hydrogens is 376 g/mol. The Balaban J connectivity index is 1.73. The summed E-state index contributed by atoms with van der Waals surface area (Å²) in [6.45, 7) is 4.50. The number of carbonyl (C=O) groups excluding carboxylic acids is 1. The van der Waals surface area contributed by atoms with Gasteiger partial charge in [0.25, 0.3) is 5.91 Å². The predicted octanol–water partition coefficient (Wildman–Crippen LogP) is 4.62. The minimum atomic E-state index is -0.360. The molecule has 1 amide bonds. The lowest BCUT2D eigenvalue weighted by Crippen LogP contribution is -2.15. The average Bonchev–Trinajstić information content (AvgIpc) is 2.69. The van der Waals surface area contributed by atoms with Gasteiger partial charge in [-0.05, 0) is 31.0 Å². The van der Waals surface area contributed by atoms with Crippen LogP contribution in [0.2, 0.25) is 5.02 Å². The summed E-state index contributed by atoms with van der Waals surface area (Å²) in [6.07, 6.45) is 1.36. The molecule has 0 aliphatic rings. The van der Waals surface area contributed by atoms with Crippen LogP contribution >= 0.6 is 11.6 Å². The number of nitrogens with one attached hydrogen (secondary N) is 2. The molecule has 0 spiro atoms. The van der Waals surface area contributed by atoms with Gasteiger partial charge in [-0.1, -0.05) is 41.4 Å². The van der Waals surface area contributed by atoms with Crippen LogP contribution < -0.4 is 15.4 Å². The van der Waals surface area contributed by atoms with Crippen molar-refractivity contribution in [2.75, 3.05) is 17.7 Å². The molecule has 0 radical (unpaired) electrons. The van der Waals surface area contributed by atoms with Gasteiger partial charge < -0.3 is 15.4 Å². The number of rotatable bonds is 6. The van der Waals surface area contributed by atoms with E-state index < -0.39 is 0 Å². The van der Waals surface area contributed by atoms with E-state index in [1.165, 1.54) is 19.0 Å². The van der Waals surface area contributed by atoms with E-state index in [4.69, 9.17) is 16.3 Å². The van der Waals surface area contributed by atoms with Crippen LogP contribution in [-0.4, -0.2) is 23.0 Å². The van der Waals surface area contributed by atoms with Crippen molar-refractivity contribution in [2.45, 2.75) is 20.4 Å². The minimum Gasteiger partial charge on any atom is -0.495 e. The first-order valence-electron chi connectivity index (χ1n) is 8.73. The maximum absolute atomic E-state index is 12.6. The number of aryl methyl sites for hydroxylation is 2. The fraction of sp³-hybridized carbons (Fsp3) is 0.190. The maximum atomic E-state index is 12.6. The summed E-state index contributed by atoms with van der Waals surface area (Å²) in [5.41, 5.74) is 3.93. The highest BCUT2D eigenvalue weighted by Gasteiger charge is 2.14. The standard InChI is InChI=1S/C21H21ClN4O2/c1-13-5-4-6-15(7-13)11-23-20-10-18(24-12-25-20)21(27)26-17-8-14(2)16(22)9-19(17)28-3/h4-10,12H,11H2,1-3H3,(H,26,27)(H,23,24,25). The molecule has 3 aromatic rings. The zero-order valence-electron chi connectivity index (χ0n) is 15.9. The molecule has 2 aromatic carbocycles. The largest absolute Gasteiger partial charge is 0.495 e. The van der Waals surface area contributed by atoms with Gasteiger partial charge in [-0.3, -0.25) is 4.79 Å². The summed E-state index contributed by atoms with van der Waals surface area (Å²) in [4.78, 5) is 20.9. The topological polar surface area (TPSA) is 76.1 Å². The average molecular weight is 397 g/mol. The molecule has 0 saturated heterocycles. The number of amides is 1. The third-order valence-corrected chi connectivity index (χ3v) is 4.59. The second-order valence-electron chi connectivity index (χ2n) is 6.39. The highest BCUT2D eigenvalue weighted by molar-refractivity contribution is 6.31. The molecule has 0 aliphatic heterocycles. The Bertz CT molecular complexity index is 1010. The Hall–Kier alpha value is -3.12. The second kappa shape index (κ2) is 8.71. The number of hydrogen-bond donors (Lipinski definition) is 2. The number of anilines is 2. The van der Waals surface area contributed by atoms with Crippen LogP contribution in [0.4, 0.5) is 11.5 Å². The first kappa shape index (κ1) is 19.6. The number of hydrogen-bond acceptors (Lipinski definition) is 5. The van der Waals surface area contributed by atoms with Crippen LogP contribution in [-0.2, 0) is 6.54 Å². The molecule has 28 heavy (non-hydrogen) atoms. The smallest absolute Gasteiger partial charge is 0.274 e. The van der Waals surface area contributed by atoms with Crippen LogP contribution in [0.3, 0.4) is 0 Å². The molecule has 7 heteroatoms. The van der Waals surface area contributed by atoms with Gasteiger partial charge in [0.2, 0.25) is 0 Å². The van der Waals surface area contributed by atoms with Crippen LogP contribution in [0.1, 0.15) is 27.2 Å². The van der Waals surface area contributed by atoms with Crippen LogP contribution in [0.5, 0.6) is 5.75 Å². The van der Waals surface area contributed by atoms with E-state index in [0.29, 0.717) is 28.8 Å². The molecular formula is C21H21ClN4O2.